The fourth-order valence-electron chi connectivity index (χ4n) is 2.29. The molecule has 3 aromatic rings. The van der Waals surface area contributed by atoms with E-state index in [9.17, 15) is 23.2 Å². The second-order valence-electron chi connectivity index (χ2n) is 5.43. The molecule has 2 N–H and O–H groups in total. The third kappa shape index (κ3) is 4.34. The van der Waals surface area contributed by atoms with Crippen LogP contribution in [0.15, 0.2) is 48.1 Å². The average molecular weight is 396 g/mol. The maximum atomic E-state index is 12.8. The molecule has 0 spiro atoms. The lowest BCUT2D eigenvalue weighted by Gasteiger charge is -2.08. The van der Waals surface area contributed by atoms with Crippen molar-refractivity contribution in [3.8, 4) is 11.3 Å². The molecule has 0 unspecified atom stereocenters. The smallest absolute Gasteiger partial charge is 0.416 e. The van der Waals surface area contributed by atoms with Gasteiger partial charge in [-0.2, -0.15) is 13.2 Å². The number of carbonyl (C=O) groups is 1. The number of ether oxygens (including phenoxy) is 1. The van der Waals surface area contributed by atoms with Gasteiger partial charge in [0.2, 0.25) is 12.4 Å². The van der Waals surface area contributed by atoms with Crippen molar-refractivity contribution >= 4 is 28.1 Å². The standard InChI is InChI=1S/C17H13F3N3O3S/c1-26-15(24)11-5-10(7-23(25)8-11)14-9-27-16(22-14)21-13-4-2-3-12(6-13)17(18,19)20/h2-9,25H,1H3,(H,21,22)/q+1. The van der Waals surface area contributed by atoms with Crippen LogP contribution in [0.4, 0.5) is 24.0 Å². The van der Waals surface area contributed by atoms with E-state index in [1.165, 1.54) is 49.0 Å². The van der Waals surface area contributed by atoms with E-state index in [1.54, 1.807) is 5.38 Å². The molecule has 0 saturated carbocycles. The van der Waals surface area contributed by atoms with Gasteiger partial charge in [-0.1, -0.05) is 6.07 Å². The first-order chi connectivity index (χ1) is 12.8. The Morgan fingerprint density at radius 3 is 2.78 bits per heavy atom. The van der Waals surface area contributed by atoms with Crippen molar-refractivity contribution in [2.24, 2.45) is 0 Å². The summed E-state index contributed by atoms with van der Waals surface area (Å²) in [5, 5.41) is 14.5. The molecule has 27 heavy (non-hydrogen) atoms. The summed E-state index contributed by atoms with van der Waals surface area (Å²) in [6.07, 6.45) is -1.91. The van der Waals surface area contributed by atoms with Crippen molar-refractivity contribution in [1.82, 2.24) is 4.98 Å². The number of hydrogen-bond acceptors (Lipinski definition) is 6. The molecule has 0 saturated heterocycles. The highest BCUT2D eigenvalue weighted by molar-refractivity contribution is 7.14. The Bertz CT molecular complexity index is 989. The van der Waals surface area contributed by atoms with Gasteiger partial charge >= 0.3 is 12.1 Å². The molecule has 0 aliphatic rings. The first-order valence-electron chi connectivity index (χ1n) is 7.50. The zero-order valence-corrected chi connectivity index (χ0v) is 14.6. The van der Waals surface area contributed by atoms with Crippen molar-refractivity contribution in [2.75, 3.05) is 12.4 Å². The van der Waals surface area contributed by atoms with Crippen LogP contribution in [0.2, 0.25) is 0 Å². The first kappa shape index (κ1) is 18.6. The molecule has 2 aromatic heterocycles. The number of thiazole rings is 1. The molecule has 0 atom stereocenters. The normalized spacial score (nSPS) is 11.3. The molecule has 6 nitrogen and oxygen atoms in total. The van der Waals surface area contributed by atoms with Crippen molar-refractivity contribution in [2.45, 2.75) is 6.18 Å². The van der Waals surface area contributed by atoms with Crippen LogP contribution < -0.4 is 10.0 Å². The number of nitrogens with zero attached hydrogens (tertiary/aromatic N) is 2. The number of pyridine rings is 1. The average Bonchev–Trinajstić information content (AvgIpc) is 3.08. The summed E-state index contributed by atoms with van der Waals surface area (Å²) in [4.78, 5) is 15.9. The second-order valence-corrected chi connectivity index (χ2v) is 6.28. The molecule has 0 fully saturated rings. The number of aromatic nitrogens is 2. The lowest BCUT2D eigenvalue weighted by atomic mass is 10.1. The van der Waals surface area contributed by atoms with Gasteiger partial charge in [0.25, 0.3) is 0 Å². The number of methoxy groups -OCH3 is 1. The van der Waals surface area contributed by atoms with Crippen LogP contribution in [0.1, 0.15) is 15.9 Å². The molecular weight excluding hydrogens is 383 g/mol. The number of alkyl halides is 3. The highest BCUT2D eigenvalue weighted by Crippen LogP contribution is 2.32. The number of hydrogen-bond donors (Lipinski definition) is 2. The van der Waals surface area contributed by atoms with E-state index < -0.39 is 17.7 Å². The molecular formula is C17H13F3N3O3S+. The fraction of sp³-hybridized carbons (Fsp3) is 0.118. The van der Waals surface area contributed by atoms with Crippen LogP contribution in [-0.2, 0) is 10.9 Å². The van der Waals surface area contributed by atoms with Crippen molar-refractivity contribution in [1.29, 1.82) is 0 Å². The van der Waals surface area contributed by atoms with Gasteiger partial charge in [-0.05, 0) is 24.3 Å². The quantitative estimate of drug-likeness (QED) is 0.398. The minimum absolute atomic E-state index is 0.123. The molecule has 140 valence electrons. The van der Waals surface area contributed by atoms with E-state index >= 15 is 0 Å². The topological polar surface area (TPSA) is 75.3 Å². The van der Waals surface area contributed by atoms with E-state index in [2.05, 4.69) is 15.0 Å². The Labute approximate surface area is 155 Å². The summed E-state index contributed by atoms with van der Waals surface area (Å²) >= 11 is 1.17. The number of esters is 1. The third-order valence-electron chi connectivity index (χ3n) is 3.52. The lowest BCUT2D eigenvalue weighted by molar-refractivity contribution is -0.904. The van der Waals surface area contributed by atoms with Crippen LogP contribution >= 0.6 is 11.3 Å². The number of rotatable bonds is 4. The maximum absolute atomic E-state index is 12.8. The molecule has 2 heterocycles. The Hall–Kier alpha value is -3.14. The maximum Gasteiger partial charge on any atom is 0.416 e. The van der Waals surface area contributed by atoms with Gasteiger partial charge in [-0.25, -0.2) is 9.78 Å². The molecule has 0 aliphatic carbocycles. The molecule has 0 radical (unpaired) electrons. The minimum Gasteiger partial charge on any atom is -0.465 e. The predicted molar refractivity (Wildman–Crippen MR) is 91.0 cm³/mol. The van der Waals surface area contributed by atoms with Crippen LogP contribution in [0.25, 0.3) is 11.3 Å². The van der Waals surface area contributed by atoms with Crippen molar-refractivity contribution < 1.29 is 32.6 Å². The summed E-state index contributed by atoms with van der Waals surface area (Å²) < 4.78 is 43.7. The van der Waals surface area contributed by atoms with Crippen LogP contribution in [0, 0.1) is 0 Å². The van der Waals surface area contributed by atoms with E-state index in [0.717, 1.165) is 12.1 Å². The molecule has 3 rings (SSSR count). The molecule has 0 bridgehead atoms. The van der Waals surface area contributed by atoms with Gasteiger partial charge in [-0.15, -0.1) is 11.3 Å². The molecule has 1 aromatic carbocycles. The molecule has 0 amide bonds. The predicted octanol–water partition coefficient (Wildman–Crippen LogP) is 3.88. The van der Waals surface area contributed by atoms with E-state index in [1.807, 2.05) is 0 Å². The largest absolute Gasteiger partial charge is 0.465 e. The van der Waals surface area contributed by atoms with Crippen molar-refractivity contribution in [3.63, 3.8) is 0 Å². The van der Waals surface area contributed by atoms with Crippen molar-refractivity contribution in [3.05, 3.63) is 59.2 Å². The lowest BCUT2D eigenvalue weighted by Crippen LogP contribution is -2.30. The van der Waals surface area contributed by atoms with E-state index in [0.29, 0.717) is 21.1 Å². The van der Waals surface area contributed by atoms with Crippen LogP contribution in [-0.4, -0.2) is 23.3 Å². The molecule has 0 aliphatic heterocycles. The fourth-order valence-corrected chi connectivity index (χ4v) is 3.03. The van der Waals surface area contributed by atoms with Gasteiger partial charge < -0.3 is 10.1 Å². The summed E-state index contributed by atoms with van der Waals surface area (Å²) in [5.41, 5.74) is 0.470. The number of halogens is 3. The first-order valence-corrected chi connectivity index (χ1v) is 8.38. The second kappa shape index (κ2) is 7.23. The Kier molecular flexibility index (Phi) is 5.00. The summed E-state index contributed by atoms with van der Waals surface area (Å²) in [6.45, 7) is 0. The number of benzene rings is 1. The minimum atomic E-state index is -4.44. The van der Waals surface area contributed by atoms with Gasteiger partial charge in [0, 0.05) is 15.8 Å². The van der Waals surface area contributed by atoms with E-state index in [4.69, 9.17) is 0 Å². The van der Waals surface area contributed by atoms with Gasteiger partial charge in [0.1, 0.15) is 5.56 Å². The molecule has 10 heteroatoms. The zero-order chi connectivity index (χ0) is 19.6. The summed E-state index contributed by atoms with van der Waals surface area (Å²) in [6, 6.07) is 6.25. The Balaban J connectivity index is 1.86. The number of carbonyl (C=O) groups excluding carboxylic acids is 1. The van der Waals surface area contributed by atoms with Crippen LogP contribution in [0.3, 0.4) is 0 Å². The number of anilines is 2. The Morgan fingerprint density at radius 2 is 2.07 bits per heavy atom. The summed E-state index contributed by atoms with van der Waals surface area (Å²) in [7, 11) is 1.22. The van der Waals surface area contributed by atoms with Gasteiger partial charge in [-0.3, -0.25) is 5.21 Å². The third-order valence-corrected chi connectivity index (χ3v) is 4.27. The zero-order valence-electron chi connectivity index (χ0n) is 13.8. The van der Waals surface area contributed by atoms with E-state index in [-0.39, 0.29) is 11.3 Å². The monoisotopic (exact) mass is 396 g/mol. The van der Waals surface area contributed by atoms with Gasteiger partial charge in [0.15, 0.2) is 5.13 Å². The van der Waals surface area contributed by atoms with Crippen LogP contribution in [0.5, 0.6) is 0 Å². The van der Waals surface area contributed by atoms with Gasteiger partial charge in [0.05, 0.1) is 23.9 Å². The highest BCUT2D eigenvalue weighted by Gasteiger charge is 2.30. The Morgan fingerprint density at radius 1 is 1.30 bits per heavy atom. The summed E-state index contributed by atoms with van der Waals surface area (Å²) in [5.74, 6) is -0.628. The SMILES string of the molecule is COC(=O)c1cc(-c2csc(Nc3cccc(C(F)(F)F)c3)n2)c[n+](O)c1. The number of nitrogens with one attached hydrogen (secondary N) is 1. The highest BCUT2D eigenvalue weighted by atomic mass is 32.1.